The van der Waals surface area contributed by atoms with Crippen LogP contribution in [0.1, 0.15) is 148 Å². The maximum Gasteiger partial charge on any atom is 0.325 e. The van der Waals surface area contributed by atoms with Crippen molar-refractivity contribution in [3.63, 3.8) is 0 Å². The Morgan fingerprint density at radius 3 is 0.862 bits per heavy atom. The van der Waals surface area contributed by atoms with E-state index in [0.29, 0.717) is 6.42 Å². The molecule has 0 fully saturated rings. The molecule has 2 N–H and O–H groups in total. The van der Waals surface area contributed by atoms with Crippen LogP contribution in [0, 0.1) is 40.8 Å². The van der Waals surface area contributed by atoms with Crippen molar-refractivity contribution in [1.29, 1.82) is 0 Å². The zero-order valence-electron chi connectivity index (χ0n) is 19.5. The Morgan fingerprint density at radius 2 is 0.655 bits per heavy atom. The van der Waals surface area contributed by atoms with Crippen molar-refractivity contribution in [3.8, 4) is 0 Å². The Kier molecular flexibility index (Phi) is 29.0. The zero-order chi connectivity index (χ0) is 20.8. The standard InChI is InChI=1S/C24H51O3P.Nd/c1-2-3-4-5-6-7-8-9-10-11-12-13-14-15-16-17-18-19-20-21-22-23-24-28(25,26)27;/h2-24H2,1H3,(H2,25,26,27);. The zero-order valence-corrected chi connectivity index (χ0v) is 23.6. The normalized spacial score (nSPS) is 11.6. The van der Waals surface area contributed by atoms with Crippen molar-refractivity contribution >= 4 is 7.60 Å². The Bertz CT molecular complexity index is 347. The SMILES string of the molecule is CCCCCCCCCCCCCCCCCCCCCCCCP(=O)(O)O.[Nd]. The van der Waals surface area contributed by atoms with Crippen molar-refractivity contribution in [1.82, 2.24) is 0 Å². The van der Waals surface area contributed by atoms with Gasteiger partial charge in [0, 0.05) is 47.0 Å². The Morgan fingerprint density at radius 1 is 0.448 bits per heavy atom. The molecule has 174 valence electrons. The van der Waals surface area contributed by atoms with E-state index >= 15 is 0 Å². The van der Waals surface area contributed by atoms with E-state index in [9.17, 15) is 4.57 Å². The smallest absolute Gasteiger partial charge is 0.324 e. The maximum absolute atomic E-state index is 10.7. The molecule has 0 aliphatic rings. The molecule has 0 aliphatic carbocycles. The van der Waals surface area contributed by atoms with Gasteiger partial charge in [-0.2, -0.15) is 0 Å². The van der Waals surface area contributed by atoms with Gasteiger partial charge in [0.25, 0.3) is 0 Å². The second-order valence-corrected chi connectivity index (χ2v) is 10.6. The van der Waals surface area contributed by atoms with Gasteiger partial charge in [-0.15, -0.1) is 0 Å². The molecule has 5 heteroatoms. The first-order chi connectivity index (χ1) is 13.6. The molecule has 0 atom stereocenters. The van der Waals surface area contributed by atoms with Crippen molar-refractivity contribution in [2.24, 2.45) is 0 Å². The molecule has 0 amide bonds. The van der Waals surface area contributed by atoms with Crippen LogP contribution in [0.2, 0.25) is 0 Å². The second-order valence-electron chi connectivity index (χ2n) is 8.81. The van der Waals surface area contributed by atoms with Crippen LogP contribution < -0.4 is 0 Å². The molecule has 0 unspecified atom stereocenters. The van der Waals surface area contributed by atoms with Crippen molar-refractivity contribution in [2.45, 2.75) is 148 Å². The third kappa shape index (κ3) is 31.8. The summed E-state index contributed by atoms with van der Waals surface area (Å²) in [5, 5.41) is 0. The minimum absolute atomic E-state index is 0. The minimum Gasteiger partial charge on any atom is -0.324 e. The first-order valence-corrected chi connectivity index (χ1v) is 14.4. The summed E-state index contributed by atoms with van der Waals surface area (Å²) < 4.78 is 10.7. The van der Waals surface area contributed by atoms with Gasteiger partial charge in [0.1, 0.15) is 0 Å². The summed E-state index contributed by atoms with van der Waals surface area (Å²) in [7, 11) is -3.76. The van der Waals surface area contributed by atoms with Crippen LogP contribution in [-0.4, -0.2) is 15.9 Å². The molecule has 29 heavy (non-hydrogen) atoms. The predicted octanol–water partition coefficient (Wildman–Crippen LogP) is 8.77. The van der Waals surface area contributed by atoms with Crippen molar-refractivity contribution in [3.05, 3.63) is 0 Å². The fourth-order valence-electron chi connectivity index (χ4n) is 3.93. The second kappa shape index (κ2) is 25.8. The summed E-state index contributed by atoms with van der Waals surface area (Å²) in [4.78, 5) is 17.6. The molecule has 0 saturated heterocycles. The van der Waals surface area contributed by atoms with Gasteiger partial charge in [0.2, 0.25) is 0 Å². The first-order valence-electron chi connectivity index (χ1n) is 12.6. The van der Waals surface area contributed by atoms with Gasteiger partial charge in [-0.1, -0.05) is 142 Å². The molecule has 0 aliphatic heterocycles. The third-order valence-corrected chi connectivity index (χ3v) is 6.70. The van der Waals surface area contributed by atoms with Gasteiger partial charge in [-0.3, -0.25) is 4.57 Å². The van der Waals surface area contributed by atoms with E-state index < -0.39 is 7.60 Å². The molecule has 0 aromatic heterocycles. The van der Waals surface area contributed by atoms with Crippen molar-refractivity contribution in [2.75, 3.05) is 6.16 Å². The Hall–Kier alpha value is 1.50. The number of hydrogen-bond acceptors (Lipinski definition) is 1. The van der Waals surface area contributed by atoms with E-state index in [0.717, 1.165) is 12.8 Å². The van der Waals surface area contributed by atoms with E-state index in [-0.39, 0.29) is 47.0 Å². The first kappa shape index (κ1) is 32.7. The quantitative estimate of drug-likeness (QED) is 0.0966. The fourth-order valence-corrected chi connectivity index (χ4v) is 4.56. The van der Waals surface area contributed by atoms with Gasteiger partial charge in [-0.05, 0) is 6.42 Å². The van der Waals surface area contributed by atoms with Gasteiger partial charge >= 0.3 is 7.60 Å². The van der Waals surface area contributed by atoms with E-state index in [1.54, 1.807) is 0 Å². The Balaban J connectivity index is 0. The molecular formula is C24H51NdO3P. The van der Waals surface area contributed by atoms with E-state index in [4.69, 9.17) is 9.79 Å². The van der Waals surface area contributed by atoms with E-state index in [2.05, 4.69) is 6.92 Å². The fraction of sp³-hybridized carbons (Fsp3) is 1.00. The number of rotatable bonds is 23. The van der Waals surface area contributed by atoms with Crippen LogP contribution in [0.4, 0.5) is 0 Å². The average molecular weight is 563 g/mol. The molecule has 0 aromatic carbocycles. The molecule has 3 nitrogen and oxygen atoms in total. The minimum atomic E-state index is -3.76. The Labute approximate surface area is 215 Å². The largest absolute Gasteiger partial charge is 0.325 e. The van der Waals surface area contributed by atoms with Crippen LogP contribution in [0.3, 0.4) is 0 Å². The molecule has 0 spiro atoms. The van der Waals surface area contributed by atoms with Crippen LogP contribution in [0.5, 0.6) is 0 Å². The van der Waals surface area contributed by atoms with Gasteiger partial charge in [0.15, 0.2) is 0 Å². The van der Waals surface area contributed by atoms with Crippen LogP contribution in [-0.2, 0) is 4.57 Å². The molecule has 0 saturated carbocycles. The molecule has 0 aromatic rings. The number of unbranched alkanes of at least 4 members (excludes halogenated alkanes) is 21. The van der Waals surface area contributed by atoms with Crippen LogP contribution in [0.25, 0.3) is 0 Å². The number of hydrogen-bond donors (Lipinski definition) is 2. The van der Waals surface area contributed by atoms with Crippen LogP contribution in [0.15, 0.2) is 0 Å². The van der Waals surface area contributed by atoms with Gasteiger partial charge in [0.05, 0.1) is 0 Å². The third-order valence-electron chi connectivity index (χ3n) is 5.80. The summed E-state index contributed by atoms with van der Waals surface area (Å²) >= 11 is 0. The van der Waals surface area contributed by atoms with Gasteiger partial charge < -0.3 is 9.79 Å². The molecule has 0 heterocycles. The van der Waals surface area contributed by atoms with E-state index in [1.165, 1.54) is 122 Å². The molecular weight excluding hydrogens is 511 g/mol. The molecule has 0 radical (unpaired) electrons. The summed E-state index contributed by atoms with van der Waals surface area (Å²) in [6.45, 7) is 2.28. The molecule has 0 bridgehead atoms. The van der Waals surface area contributed by atoms with Crippen LogP contribution >= 0.6 is 7.60 Å². The predicted molar refractivity (Wildman–Crippen MR) is 124 cm³/mol. The van der Waals surface area contributed by atoms with Gasteiger partial charge in [-0.25, -0.2) is 0 Å². The maximum atomic E-state index is 10.7. The monoisotopic (exact) mass is 560 g/mol. The van der Waals surface area contributed by atoms with Crippen molar-refractivity contribution < 1.29 is 55.2 Å². The van der Waals surface area contributed by atoms with E-state index in [1.807, 2.05) is 0 Å². The topological polar surface area (TPSA) is 57.5 Å². The average Bonchev–Trinajstić information content (AvgIpc) is 2.65. The molecule has 0 rings (SSSR count). The summed E-state index contributed by atoms with van der Waals surface area (Å²) in [5.74, 6) is 0. The summed E-state index contributed by atoms with van der Waals surface area (Å²) in [5.41, 5.74) is 0. The summed E-state index contributed by atoms with van der Waals surface area (Å²) in [6.07, 6.45) is 29.5. The summed E-state index contributed by atoms with van der Waals surface area (Å²) in [6, 6.07) is 0.